The van der Waals surface area contributed by atoms with Gasteiger partial charge in [-0.25, -0.2) is 14.8 Å². The number of rotatable bonds is 6. The molecule has 2 aromatic rings. The van der Waals surface area contributed by atoms with Gasteiger partial charge in [0.15, 0.2) is 5.82 Å². The van der Waals surface area contributed by atoms with E-state index in [4.69, 9.17) is 14.7 Å². The van der Waals surface area contributed by atoms with Gasteiger partial charge in [0.1, 0.15) is 5.82 Å². The Morgan fingerprint density at radius 1 is 1.16 bits per heavy atom. The van der Waals surface area contributed by atoms with Crippen molar-refractivity contribution in [3.8, 4) is 11.4 Å². The minimum absolute atomic E-state index is 0.143. The summed E-state index contributed by atoms with van der Waals surface area (Å²) in [6.07, 6.45) is 0.873. The van der Waals surface area contributed by atoms with Gasteiger partial charge in [-0.15, -0.1) is 0 Å². The third kappa shape index (κ3) is 5.12. The number of ether oxygens (including phenoxy) is 1. The highest BCUT2D eigenvalue weighted by atomic mass is 16.5. The second-order valence-electron chi connectivity index (χ2n) is 7.71. The predicted molar refractivity (Wildman–Crippen MR) is 119 cm³/mol. The Labute approximate surface area is 182 Å². The minimum atomic E-state index is -0.223. The average Bonchev–Trinajstić information content (AvgIpc) is 2.79. The zero-order valence-corrected chi connectivity index (χ0v) is 17.9. The lowest BCUT2D eigenvalue weighted by molar-refractivity contribution is 0.122. The molecule has 1 fully saturated rings. The number of aliphatic hydroxyl groups excluding tert-OH is 1. The van der Waals surface area contributed by atoms with E-state index in [2.05, 4.69) is 20.4 Å². The predicted octanol–water partition coefficient (Wildman–Crippen LogP) is 1.47. The molecule has 0 unspecified atom stereocenters. The molecule has 0 spiro atoms. The van der Waals surface area contributed by atoms with Crippen molar-refractivity contribution in [2.24, 2.45) is 0 Å². The van der Waals surface area contributed by atoms with E-state index < -0.39 is 0 Å². The number of hydrogen-bond donors (Lipinski definition) is 3. The third-order valence-corrected chi connectivity index (χ3v) is 5.59. The molecule has 4 rings (SSSR count). The van der Waals surface area contributed by atoms with Gasteiger partial charge in [-0.1, -0.05) is 0 Å². The minimum Gasteiger partial charge on any atom is -0.395 e. The zero-order valence-electron chi connectivity index (χ0n) is 17.9. The lowest BCUT2D eigenvalue weighted by Gasteiger charge is -2.34. The van der Waals surface area contributed by atoms with Crippen LogP contribution in [0.4, 0.5) is 16.3 Å². The fourth-order valence-corrected chi connectivity index (χ4v) is 4.00. The molecule has 2 aliphatic rings. The maximum atomic E-state index is 11.7. The second kappa shape index (κ2) is 10.0. The van der Waals surface area contributed by atoms with Gasteiger partial charge in [0.05, 0.1) is 25.5 Å². The summed E-state index contributed by atoms with van der Waals surface area (Å²) in [6, 6.07) is 7.36. The van der Waals surface area contributed by atoms with Crippen molar-refractivity contribution in [3.05, 3.63) is 35.5 Å². The van der Waals surface area contributed by atoms with Crippen LogP contribution in [0.5, 0.6) is 0 Å². The summed E-state index contributed by atoms with van der Waals surface area (Å²) >= 11 is 0. The Bertz CT molecular complexity index is 899. The largest absolute Gasteiger partial charge is 0.395 e. The number of amides is 2. The first-order chi connectivity index (χ1) is 15.2. The summed E-state index contributed by atoms with van der Waals surface area (Å²) in [5.41, 5.74) is 3.85. The van der Waals surface area contributed by atoms with E-state index in [1.54, 1.807) is 0 Å². The summed E-state index contributed by atoms with van der Waals surface area (Å²) in [5.74, 6) is 1.67. The molecule has 0 bridgehead atoms. The Hall–Kier alpha value is -2.75. The number of carbonyl (C=O) groups is 1. The molecule has 0 aliphatic carbocycles. The molecule has 0 saturated carbocycles. The van der Waals surface area contributed by atoms with Crippen LogP contribution in [0, 0.1) is 0 Å². The molecule has 0 radical (unpaired) electrons. The highest BCUT2D eigenvalue weighted by Gasteiger charge is 2.26. The molecule has 1 aromatic heterocycles. The van der Waals surface area contributed by atoms with Gasteiger partial charge >= 0.3 is 6.03 Å². The van der Waals surface area contributed by atoms with Gasteiger partial charge in [0.25, 0.3) is 0 Å². The lowest BCUT2D eigenvalue weighted by Crippen LogP contribution is -2.40. The fourth-order valence-electron chi connectivity index (χ4n) is 4.00. The number of urea groups is 1. The number of aromatic nitrogens is 2. The van der Waals surface area contributed by atoms with E-state index in [0.29, 0.717) is 38.7 Å². The molecule has 1 saturated heterocycles. The first-order valence-electron chi connectivity index (χ1n) is 10.9. The average molecular weight is 427 g/mol. The molecule has 3 N–H and O–H groups in total. The molecular weight excluding hydrogens is 396 g/mol. The van der Waals surface area contributed by atoms with Crippen LogP contribution in [0.3, 0.4) is 0 Å². The van der Waals surface area contributed by atoms with Crippen LogP contribution in [0.1, 0.15) is 18.2 Å². The summed E-state index contributed by atoms with van der Waals surface area (Å²) < 4.78 is 5.53. The standard InChI is InChI=1S/C22H30N6O3/c1-2-23-22(30)24-17-5-3-16(4-6-17)20-25-19-15-27(9-12-29)8-7-18(19)21(26-20)28-10-13-31-14-11-28/h3-6,29H,2,7-15H2,1H3,(H2,23,24,30). The maximum absolute atomic E-state index is 11.7. The van der Waals surface area contributed by atoms with Gasteiger partial charge in [-0.2, -0.15) is 0 Å². The van der Waals surface area contributed by atoms with Crippen LogP contribution in [0.15, 0.2) is 24.3 Å². The first kappa shape index (κ1) is 21.5. The van der Waals surface area contributed by atoms with Crippen molar-refractivity contribution in [2.45, 2.75) is 19.9 Å². The number of anilines is 2. The third-order valence-electron chi connectivity index (χ3n) is 5.59. The molecule has 166 valence electrons. The summed E-state index contributed by atoms with van der Waals surface area (Å²) in [4.78, 5) is 26.1. The Morgan fingerprint density at radius 2 is 1.94 bits per heavy atom. The smallest absolute Gasteiger partial charge is 0.319 e. The number of hydrogen-bond acceptors (Lipinski definition) is 7. The number of β-amino-alcohol motifs (C(OH)–C–C–N with tert-alkyl or cyclic N) is 1. The first-order valence-corrected chi connectivity index (χ1v) is 10.9. The number of carbonyl (C=O) groups excluding carboxylic acids is 1. The molecule has 0 atom stereocenters. The SMILES string of the molecule is CCNC(=O)Nc1ccc(-c2nc3c(c(N4CCOCC4)n2)CCN(CCO)C3)cc1. The number of nitrogens with one attached hydrogen (secondary N) is 2. The monoisotopic (exact) mass is 426 g/mol. The van der Waals surface area contributed by atoms with E-state index >= 15 is 0 Å². The van der Waals surface area contributed by atoms with Crippen LogP contribution >= 0.6 is 0 Å². The van der Waals surface area contributed by atoms with Gasteiger partial charge < -0.3 is 25.4 Å². The second-order valence-corrected chi connectivity index (χ2v) is 7.71. The Kier molecular flexibility index (Phi) is 6.96. The van der Waals surface area contributed by atoms with E-state index in [9.17, 15) is 9.90 Å². The van der Waals surface area contributed by atoms with Crippen molar-refractivity contribution in [1.82, 2.24) is 20.2 Å². The van der Waals surface area contributed by atoms with Crippen LogP contribution in [0.2, 0.25) is 0 Å². The van der Waals surface area contributed by atoms with Crippen molar-refractivity contribution in [2.75, 3.05) is 62.8 Å². The van der Waals surface area contributed by atoms with Crippen molar-refractivity contribution >= 4 is 17.5 Å². The molecule has 9 heteroatoms. The van der Waals surface area contributed by atoms with Crippen LogP contribution < -0.4 is 15.5 Å². The van der Waals surface area contributed by atoms with E-state index in [0.717, 1.165) is 48.8 Å². The van der Waals surface area contributed by atoms with Crippen LogP contribution in [0.25, 0.3) is 11.4 Å². The molecule has 9 nitrogen and oxygen atoms in total. The summed E-state index contributed by atoms with van der Waals surface area (Å²) in [5, 5.41) is 14.9. The van der Waals surface area contributed by atoms with Crippen molar-refractivity contribution < 1.29 is 14.6 Å². The van der Waals surface area contributed by atoms with Gasteiger partial charge in [0, 0.05) is 56.1 Å². The van der Waals surface area contributed by atoms with Gasteiger partial charge in [-0.05, 0) is 37.6 Å². The van der Waals surface area contributed by atoms with E-state index in [-0.39, 0.29) is 12.6 Å². The molecule has 2 amide bonds. The van der Waals surface area contributed by atoms with Gasteiger partial charge in [-0.3, -0.25) is 4.90 Å². The van der Waals surface area contributed by atoms with Crippen LogP contribution in [-0.4, -0.2) is 78.5 Å². The number of benzene rings is 1. The molecular formula is C22H30N6O3. The summed E-state index contributed by atoms with van der Waals surface area (Å²) in [7, 11) is 0. The molecule has 2 aliphatic heterocycles. The molecule has 3 heterocycles. The quantitative estimate of drug-likeness (QED) is 0.643. The van der Waals surface area contributed by atoms with Crippen molar-refractivity contribution in [1.29, 1.82) is 0 Å². The number of nitrogens with zero attached hydrogens (tertiary/aromatic N) is 4. The molecule has 1 aromatic carbocycles. The van der Waals surface area contributed by atoms with E-state index in [1.807, 2.05) is 31.2 Å². The maximum Gasteiger partial charge on any atom is 0.319 e. The summed E-state index contributed by atoms with van der Waals surface area (Å²) in [6.45, 7) is 7.88. The number of fused-ring (bicyclic) bond motifs is 1. The topological polar surface area (TPSA) is 103 Å². The highest BCUT2D eigenvalue weighted by Crippen LogP contribution is 2.30. The number of morpholine rings is 1. The van der Waals surface area contributed by atoms with Gasteiger partial charge in [0.2, 0.25) is 0 Å². The Balaban J connectivity index is 1.64. The zero-order chi connectivity index (χ0) is 21.6. The Morgan fingerprint density at radius 3 is 2.65 bits per heavy atom. The normalized spacial score (nSPS) is 16.6. The van der Waals surface area contributed by atoms with Crippen molar-refractivity contribution in [3.63, 3.8) is 0 Å². The van der Waals surface area contributed by atoms with Crippen LogP contribution in [-0.2, 0) is 17.7 Å². The molecule has 31 heavy (non-hydrogen) atoms. The fraction of sp³-hybridized carbons (Fsp3) is 0.500. The van der Waals surface area contributed by atoms with E-state index in [1.165, 1.54) is 5.56 Å². The number of aliphatic hydroxyl groups is 1. The lowest BCUT2D eigenvalue weighted by atomic mass is 10.0. The highest BCUT2D eigenvalue weighted by molar-refractivity contribution is 5.89.